The SMILES string of the molecule is COC(=O)c1cccc(NC(=O)C2=NN(c3ccccc3)C(=O)CC2)c1. The lowest BCUT2D eigenvalue weighted by Crippen LogP contribution is -2.36. The first kappa shape index (κ1) is 17.3. The maximum Gasteiger partial charge on any atom is 0.337 e. The van der Waals surface area contributed by atoms with Crippen LogP contribution < -0.4 is 10.3 Å². The number of rotatable bonds is 4. The van der Waals surface area contributed by atoms with E-state index in [-0.39, 0.29) is 24.5 Å². The van der Waals surface area contributed by atoms with Gasteiger partial charge in [0.15, 0.2) is 0 Å². The molecule has 1 aliphatic heterocycles. The van der Waals surface area contributed by atoms with Gasteiger partial charge in [-0.3, -0.25) is 9.59 Å². The average molecular weight is 351 g/mol. The van der Waals surface area contributed by atoms with Gasteiger partial charge >= 0.3 is 5.97 Å². The number of nitrogens with zero attached hydrogens (tertiary/aromatic N) is 2. The number of carbonyl (C=O) groups excluding carboxylic acids is 3. The summed E-state index contributed by atoms with van der Waals surface area (Å²) in [6.45, 7) is 0. The topological polar surface area (TPSA) is 88.1 Å². The Morgan fingerprint density at radius 3 is 2.58 bits per heavy atom. The first-order valence-corrected chi connectivity index (χ1v) is 8.03. The number of ether oxygens (including phenoxy) is 1. The van der Waals surface area contributed by atoms with Gasteiger partial charge in [-0.05, 0) is 30.3 Å². The molecule has 2 aromatic carbocycles. The van der Waals surface area contributed by atoms with E-state index in [4.69, 9.17) is 0 Å². The zero-order valence-electron chi connectivity index (χ0n) is 14.1. The Balaban J connectivity index is 1.79. The minimum absolute atomic E-state index is 0.166. The first-order valence-electron chi connectivity index (χ1n) is 8.03. The van der Waals surface area contributed by atoms with Crippen LogP contribution in [0.5, 0.6) is 0 Å². The Morgan fingerprint density at radius 2 is 1.85 bits per heavy atom. The number of hydrogen-bond acceptors (Lipinski definition) is 5. The van der Waals surface area contributed by atoms with E-state index in [0.717, 1.165) is 0 Å². The Labute approximate surface area is 150 Å². The number of hydrazone groups is 1. The number of para-hydroxylation sites is 1. The van der Waals surface area contributed by atoms with E-state index in [0.29, 0.717) is 16.9 Å². The van der Waals surface area contributed by atoms with Crippen molar-refractivity contribution in [3.8, 4) is 0 Å². The van der Waals surface area contributed by atoms with Crippen LogP contribution in [0.25, 0.3) is 0 Å². The molecule has 26 heavy (non-hydrogen) atoms. The summed E-state index contributed by atoms with van der Waals surface area (Å²) in [6.07, 6.45) is 0.452. The van der Waals surface area contributed by atoms with Gasteiger partial charge < -0.3 is 10.1 Å². The minimum atomic E-state index is -0.489. The molecule has 0 atom stereocenters. The number of amides is 2. The van der Waals surface area contributed by atoms with Crippen molar-refractivity contribution < 1.29 is 19.1 Å². The predicted octanol–water partition coefficient (Wildman–Crippen LogP) is 2.59. The van der Waals surface area contributed by atoms with Crippen LogP contribution in [0.1, 0.15) is 23.2 Å². The van der Waals surface area contributed by atoms with Gasteiger partial charge in [0.2, 0.25) is 5.91 Å². The zero-order valence-corrected chi connectivity index (χ0v) is 14.1. The second-order valence-corrected chi connectivity index (χ2v) is 5.61. The fourth-order valence-electron chi connectivity index (χ4n) is 2.53. The summed E-state index contributed by atoms with van der Waals surface area (Å²) in [4.78, 5) is 36.2. The lowest BCUT2D eigenvalue weighted by atomic mass is 10.1. The second-order valence-electron chi connectivity index (χ2n) is 5.61. The van der Waals surface area contributed by atoms with Crippen molar-refractivity contribution in [3.05, 3.63) is 60.2 Å². The molecule has 3 rings (SSSR count). The van der Waals surface area contributed by atoms with Crippen molar-refractivity contribution in [2.45, 2.75) is 12.8 Å². The van der Waals surface area contributed by atoms with Crippen molar-refractivity contribution in [2.24, 2.45) is 5.10 Å². The summed E-state index contributed by atoms with van der Waals surface area (Å²) in [7, 11) is 1.29. The van der Waals surface area contributed by atoms with Gasteiger partial charge in [0.25, 0.3) is 5.91 Å². The molecule has 132 valence electrons. The molecule has 7 nitrogen and oxygen atoms in total. The summed E-state index contributed by atoms with van der Waals surface area (Å²) < 4.78 is 4.67. The highest BCUT2D eigenvalue weighted by atomic mass is 16.5. The van der Waals surface area contributed by atoms with Crippen molar-refractivity contribution >= 4 is 34.9 Å². The molecule has 1 N–H and O–H groups in total. The minimum Gasteiger partial charge on any atom is -0.465 e. The van der Waals surface area contributed by atoms with Crippen LogP contribution in [0.3, 0.4) is 0 Å². The van der Waals surface area contributed by atoms with Crippen molar-refractivity contribution in [1.82, 2.24) is 0 Å². The molecule has 0 unspecified atom stereocenters. The molecule has 0 saturated carbocycles. The highest BCUT2D eigenvalue weighted by Crippen LogP contribution is 2.20. The summed E-state index contributed by atoms with van der Waals surface area (Å²) in [5.74, 6) is -1.07. The standard InChI is InChI=1S/C19H17N3O4/c1-26-19(25)13-6-5-7-14(12-13)20-18(24)16-10-11-17(23)22(21-16)15-8-3-2-4-9-15/h2-9,12H,10-11H2,1H3,(H,20,24). The monoisotopic (exact) mass is 351 g/mol. The molecular weight excluding hydrogens is 334 g/mol. The Morgan fingerprint density at radius 1 is 1.08 bits per heavy atom. The third-order valence-corrected chi connectivity index (χ3v) is 3.84. The van der Waals surface area contributed by atoms with Crippen molar-refractivity contribution in [2.75, 3.05) is 17.4 Å². The maximum atomic E-state index is 12.5. The lowest BCUT2D eigenvalue weighted by molar-refractivity contribution is -0.118. The van der Waals surface area contributed by atoms with Gasteiger partial charge in [-0.1, -0.05) is 24.3 Å². The highest BCUT2D eigenvalue weighted by molar-refractivity contribution is 6.44. The molecular formula is C19H17N3O4. The number of anilines is 2. The van der Waals surface area contributed by atoms with Crippen LogP contribution in [-0.4, -0.2) is 30.6 Å². The quantitative estimate of drug-likeness (QED) is 0.858. The smallest absolute Gasteiger partial charge is 0.337 e. The summed E-state index contributed by atoms with van der Waals surface area (Å²) >= 11 is 0. The van der Waals surface area contributed by atoms with Crippen LogP contribution in [0, 0.1) is 0 Å². The molecule has 0 spiro atoms. The van der Waals surface area contributed by atoms with E-state index in [2.05, 4.69) is 15.2 Å². The molecule has 2 amide bonds. The third kappa shape index (κ3) is 3.77. The van der Waals surface area contributed by atoms with Crippen molar-refractivity contribution in [1.29, 1.82) is 0 Å². The van der Waals surface area contributed by atoms with E-state index >= 15 is 0 Å². The largest absolute Gasteiger partial charge is 0.465 e. The Hall–Kier alpha value is -3.48. The number of hydrogen-bond donors (Lipinski definition) is 1. The van der Waals surface area contributed by atoms with Crippen LogP contribution in [0.2, 0.25) is 0 Å². The highest BCUT2D eigenvalue weighted by Gasteiger charge is 2.25. The molecule has 0 bridgehead atoms. The first-order chi connectivity index (χ1) is 12.6. The van der Waals surface area contributed by atoms with Gasteiger partial charge in [0.1, 0.15) is 5.71 Å². The van der Waals surface area contributed by atoms with E-state index in [1.54, 1.807) is 42.5 Å². The fraction of sp³-hybridized carbons (Fsp3) is 0.158. The zero-order chi connectivity index (χ0) is 18.5. The average Bonchev–Trinajstić information content (AvgIpc) is 2.68. The maximum absolute atomic E-state index is 12.5. The van der Waals surface area contributed by atoms with E-state index < -0.39 is 11.9 Å². The molecule has 1 heterocycles. The Kier molecular flexibility index (Phi) is 5.07. The number of benzene rings is 2. The van der Waals surface area contributed by atoms with Crippen molar-refractivity contribution in [3.63, 3.8) is 0 Å². The summed E-state index contributed by atoms with van der Waals surface area (Å²) in [5.41, 5.74) is 1.63. The van der Waals surface area contributed by atoms with Gasteiger partial charge in [-0.15, -0.1) is 0 Å². The lowest BCUT2D eigenvalue weighted by Gasteiger charge is -2.23. The Bertz CT molecular complexity index is 877. The van der Waals surface area contributed by atoms with E-state index in [9.17, 15) is 14.4 Å². The normalized spacial score (nSPS) is 13.8. The molecule has 2 aromatic rings. The number of carbonyl (C=O) groups is 3. The number of nitrogens with one attached hydrogen (secondary N) is 1. The summed E-state index contributed by atoms with van der Waals surface area (Å²) in [6, 6.07) is 15.4. The van der Waals surface area contributed by atoms with Gasteiger partial charge in [0.05, 0.1) is 18.4 Å². The van der Waals surface area contributed by atoms with Crippen LogP contribution in [0.4, 0.5) is 11.4 Å². The van der Waals surface area contributed by atoms with E-state index in [1.807, 2.05) is 6.07 Å². The predicted molar refractivity (Wildman–Crippen MR) is 97.0 cm³/mol. The van der Waals surface area contributed by atoms with E-state index in [1.165, 1.54) is 18.2 Å². The molecule has 0 fully saturated rings. The fourth-order valence-corrected chi connectivity index (χ4v) is 2.53. The van der Waals surface area contributed by atoms with Crippen LogP contribution in [-0.2, 0) is 14.3 Å². The molecule has 7 heteroatoms. The van der Waals surface area contributed by atoms with Crippen LogP contribution >= 0.6 is 0 Å². The molecule has 0 radical (unpaired) electrons. The molecule has 0 aliphatic carbocycles. The van der Waals surface area contributed by atoms with Crippen LogP contribution in [0.15, 0.2) is 59.7 Å². The summed E-state index contributed by atoms with van der Waals surface area (Å²) in [5, 5.41) is 8.14. The molecule has 0 aromatic heterocycles. The number of methoxy groups -OCH3 is 1. The molecule has 0 saturated heterocycles. The second kappa shape index (κ2) is 7.60. The number of esters is 1. The van der Waals surface area contributed by atoms with Gasteiger partial charge in [0, 0.05) is 18.5 Å². The molecule has 1 aliphatic rings. The van der Waals surface area contributed by atoms with Gasteiger partial charge in [-0.25, -0.2) is 9.80 Å². The van der Waals surface area contributed by atoms with Gasteiger partial charge in [-0.2, -0.15) is 5.10 Å². The third-order valence-electron chi connectivity index (χ3n) is 3.84.